The lowest BCUT2D eigenvalue weighted by Crippen LogP contribution is -2.45. The summed E-state index contributed by atoms with van der Waals surface area (Å²) < 4.78 is 5.28. The lowest BCUT2D eigenvalue weighted by Gasteiger charge is -2.44. The molecule has 7 heteroatoms. The normalized spacial score (nSPS) is 19.2. The molecule has 1 spiro atoms. The Hall–Kier alpha value is -1.95. The minimum absolute atomic E-state index is 0.148. The van der Waals surface area contributed by atoms with E-state index in [-0.39, 0.29) is 17.3 Å². The van der Waals surface area contributed by atoms with Gasteiger partial charge in [-0.25, -0.2) is 4.79 Å². The molecule has 0 bridgehead atoms. The minimum Gasteiger partial charge on any atom is -0.494 e. The molecule has 3 N–H and O–H groups in total. The Morgan fingerprint density at radius 3 is 2.38 bits per heavy atom. The summed E-state index contributed by atoms with van der Waals surface area (Å²) in [7, 11) is 1.43. The van der Waals surface area contributed by atoms with Gasteiger partial charge in [0.25, 0.3) is 5.91 Å². The number of piperidine rings is 1. The second-order valence-corrected chi connectivity index (χ2v) is 7.81. The lowest BCUT2D eigenvalue weighted by atomic mass is 9.68. The minimum atomic E-state index is -0.655. The van der Waals surface area contributed by atoms with E-state index in [9.17, 15) is 9.59 Å². The van der Waals surface area contributed by atoms with Gasteiger partial charge < -0.3 is 20.7 Å². The van der Waals surface area contributed by atoms with Crippen LogP contribution in [-0.4, -0.2) is 37.0 Å². The molecule has 1 saturated carbocycles. The average molecular weight is 380 g/mol. The Labute approximate surface area is 159 Å². The molecule has 6 nitrogen and oxygen atoms in total. The second-order valence-electron chi connectivity index (χ2n) is 7.38. The number of nitrogens with two attached hydrogens (primary N) is 1. The highest BCUT2D eigenvalue weighted by atomic mass is 35.5. The Morgan fingerprint density at radius 2 is 1.81 bits per heavy atom. The summed E-state index contributed by atoms with van der Waals surface area (Å²) in [5.74, 6) is -0.423. The van der Waals surface area contributed by atoms with Crippen molar-refractivity contribution in [1.82, 2.24) is 4.90 Å². The zero-order chi connectivity index (χ0) is 18.7. The Morgan fingerprint density at radius 1 is 1.15 bits per heavy atom. The third-order valence-electron chi connectivity index (χ3n) is 5.79. The number of urea groups is 1. The molecule has 26 heavy (non-hydrogen) atoms. The SMILES string of the molecule is COc1c(NC(=O)N2CCC3(CCCCC3)CC2)cc(Cl)cc1C(N)=O. The molecule has 3 rings (SSSR count). The number of ether oxygens (including phenoxy) is 1. The molecule has 2 fully saturated rings. The molecule has 1 aliphatic heterocycles. The van der Waals surface area contributed by atoms with E-state index in [1.165, 1.54) is 45.3 Å². The van der Waals surface area contributed by atoms with Crippen molar-refractivity contribution in [2.75, 3.05) is 25.5 Å². The van der Waals surface area contributed by atoms with Crippen molar-refractivity contribution in [2.24, 2.45) is 11.1 Å². The maximum Gasteiger partial charge on any atom is 0.321 e. The van der Waals surface area contributed by atoms with Gasteiger partial charge in [-0.05, 0) is 43.2 Å². The van der Waals surface area contributed by atoms with Gasteiger partial charge >= 0.3 is 6.03 Å². The van der Waals surface area contributed by atoms with E-state index in [4.69, 9.17) is 22.1 Å². The molecule has 2 aliphatic rings. The van der Waals surface area contributed by atoms with Gasteiger partial charge in [0.05, 0.1) is 18.4 Å². The van der Waals surface area contributed by atoms with E-state index >= 15 is 0 Å². The number of rotatable bonds is 3. The van der Waals surface area contributed by atoms with Crippen molar-refractivity contribution in [3.05, 3.63) is 22.7 Å². The first kappa shape index (κ1) is 18.8. The molecule has 1 heterocycles. The van der Waals surface area contributed by atoms with Gasteiger partial charge in [0.2, 0.25) is 0 Å². The van der Waals surface area contributed by atoms with E-state index in [1.54, 1.807) is 6.07 Å². The Balaban J connectivity index is 1.70. The van der Waals surface area contributed by atoms with Crippen LogP contribution < -0.4 is 15.8 Å². The number of hydrogen-bond donors (Lipinski definition) is 2. The molecule has 3 amide bonds. The largest absolute Gasteiger partial charge is 0.494 e. The van der Waals surface area contributed by atoms with E-state index in [0.717, 1.165) is 25.9 Å². The number of carbonyl (C=O) groups excluding carboxylic acids is 2. The maximum atomic E-state index is 12.7. The van der Waals surface area contributed by atoms with Gasteiger partial charge in [0.1, 0.15) is 0 Å². The summed E-state index contributed by atoms with van der Waals surface area (Å²) in [5.41, 5.74) is 6.32. The van der Waals surface area contributed by atoms with Crippen LogP contribution in [0.25, 0.3) is 0 Å². The van der Waals surface area contributed by atoms with E-state index in [1.807, 2.05) is 4.90 Å². The lowest BCUT2D eigenvalue weighted by molar-refractivity contribution is 0.0849. The van der Waals surface area contributed by atoms with Crippen LogP contribution in [0, 0.1) is 5.41 Å². The van der Waals surface area contributed by atoms with Gasteiger partial charge in [-0.15, -0.1) is 0 Å². The number of likely N-dealkylation sites (tertiary alicyclic amines) is 1. The first-order valence-corrected chi connectivity index (χ1v) is 9.55. The molecule has 1 aromatic carbocycles. The third kappa shape index (κ3) is 3.90. The topological polar surface area (TPSA) is 84.7 Å². The fourth-order valence-electron chi connectivity index (χ4n) is 4.27. The fraction of sp³-hybridized carbons (Fsp3) is 0.579. The molecular formula is C19H26ClN3O3. The number of methoxy groups -OCH3 is 1. The summed E-state index contributed by atoms with van der Waals surface area (Å²) >= 11 is 6.06. The van der Waals surface area contributed by atoms with Gasteiger partial charge in [0.15, 0.2) is 5.75 Å². The van der Waals surface area contributed by atoms with Crippen molar-refractivity contribution < 1.29 is 14.3 Å². The zero-order valence-corrected chi connectivity index (χ0v) is 15.9. The molecule has 0 atom stereocenters. The number of benzene rings is 1. The fourth-order valence-corrected chi connectivity index (χ4v) is 4.49. The number of carbonyl (C=O) groups is 2. The molecule has 1 aromatic rings. The standard InChI is InChI=1S/C19H26ClN3O3/c1-26-16-14(17(21)24)11-13(20)12-15(16)22-18(25)23-9-7-19(8-10-23)5-3-2-4-6-19/h11-12H,2-10H2,1H3,(H2,21,24)(H,22,25). The van der Waals surface area contributed by atoms with Crippen LogP contribution in [-0.2, 0) is 0 Å². The highest BCUT2D eigenvalue weighted by Crippen LogP contribution is 2.44. The van der Waals surface area contributed by atoms with Crippen LogP contribution in [0.15, 0.2) is 12.1 Å². The van der Waals surface area contributed by atoms with E-state index < -0.39 is 5.91 Å². The quantitative estimate of drug-likeness (QED) is 0.831. The number of nitrogens with one attached hydrogen (secondary N) is 1. The Kier molecular flexibility index (Phi) is 5.61. The van der Waals surface area contributed by atoms with Crippen LogP contribution in [0.5, 0.6) is 5.75 Å². The van der Waals surface area contributed by atoms with Crippen molar-refractivity contribution in [2.45, 2.75) is 44.9 Å². The van der Waals surface area contributed by atoms with Crippen molar-refractivity contribution in [3.63, 3.8) is 0 Å². The van der Waals surface area contributed by atoms with Gasteiger partial charge in [-0.2, -0.15) is 0 Å². The second kappa shape index (κ2) is 7.74. The average Bonchev–Trinajstić information content (AvgIpc) is 2.62. The first-order valence-electron chi connectivity index (χ1n) is 9.17. The molecule has 1 saturated heterocycles. The third-order valence-corrected chi connectivity index (χ3v) is 6.01. The van der Waals surface area contributed by atoms with Gasteiger partial charge in [-0.1, -0.05) is 30.9 Å². The van der Waals surface area contributed by atoms with Crippen molar-refractivity contribution in [3.8, 4) is 5.75 Å². The monoisotopic (exact) mass is 379 g/mol. The van der Waals surface area contributed by atoms with Crippen molar-refractivity contribution >= 4 is 29.2 Å². The first-order chi connectivity index (χ1) is 12.4. The summed E-state index contributed by atoms with van der Waals surface area (Å²) in [6.45, 7) is 1.49. The molecule has 0 radical (unpaired) electrons. The summed E-state index contributed by atoms with van der Waals surface area (Å²) in [4.78, 5) is 26.1. The predicted molar refractivity (Wildman–Crippen MR) is 102 cm³/mol. The maximum absolute atomic E-state index is 12.7. The number of anilines is 1. The summed E-state index contributed by atoms with van der Waals surface area (Å²) in [5, 5.41) is 3.14. The van der Waals surface area contributed by atoms with Crippen molar-refractivity contribution in [1.29, 1.82) is 0 Å². The zero-order valence-electron chi connectivity index (χ0n) is 15.1. The highest BCUT2D eigenvalue weighted by Gasteiger charge is 2.36. The number of amides is 3. The van der Waals surface area contributed by atoms with Gasteiger partial charge in [-0.3, -0.25) is 4.79 Å². The molecule has 0 unspecified atom stereocenters. The summed E-state index contributed by atoms with van der Waals surface area (Å²) in [6.07, 6.45) is 8.63. The summed E-state index contributed by atoms with van der Waals surface area (Å²) in [6, 6.07) is 2.80. The highest BCUT2D eigenvalue weighted by molar-refractivity contribution is 6.31. The van der Waals surface area contributed by atoms with E-state index in [2.05, 4.69) is 5.32 Å². The number of hydrogen-bond acceptors (Lipinski definition) is 3. The smallest absolute Gasteiger partial charge is 0.321 e. The Bertz CT molecular complexity index is 692. The van der Waals surface area contributed by atoms with Crippen LogP contribution in [0.4, 0.5) is 10.5 Å². The number of primary amides is 1. The molecular weight excluding hydrogens is 354 g/mol. The van der Waals surface area contributed by atoms with Crippen LogP contribution in [0.2, 0.25) is 5.02 Å². The number of halogens is 1. The number of nitrogens with zero attached hydrogens (tertiary/aromatic N) is 1. The predicted octanol–water partition coefficient (Wildman–Crippen LogP) is 4.03. The van der Waals surface area contributed by atoms with Crippen LogP contribution in [0.3, 0.4) is 0 Å². The molecule has 0 aromatic heterocycles. The van der Waals surface area contributed by atoms with Crippen LogP contribution in [0.1, 0.15) is 55.3 Å². The van der Waals surface area contributed by atoms with E-state index in [0.29, 0.717) is 16.1 Å². The van der Waals surface area contributed by atoms with Gasteiger partial charge in [0, 0.05) is 18.1 Å². The molecule has 1 aliphatic carbocycles. The molecule has 142 valence electrons. The van der Waals surface area contributed by atoms with Crippen LogP contribution >= 0.6 is 11.6 Å².